The predicted octanol–water partition coefficient (Wildman–Crippen LogP) is 3.88. The van der Waals surface area contributed by atoms with E-state index in [1.54, 1.807) is 7.11 Å². The summed E-state index contributed by atoms with van der Waals surface area (Å²) in [4.78, 5) is 14.6. The van der Waals surface area contributed by atoms with Gasteiger partial charge in [-0.15, -0.1) is 0 Å². The normalized spacial score (nSPS) is 14.0. The van der Waals surface area contributed by atoms with E-state index in [0.717, 1.165) is 56.9 Å². The van der Waals surface area contributed by atoms with E-state index < -0.39 is 0 Å². The smallest absolute Gasteiger partial charge is 0.224 e. The van der Waals surface area contributed by atoms with Gasteiger partial charge in [-0.25, -0.2) is 0 Å². The minimum Gasteiger partial charge on any atom is -0.495 e. The molecule has 3 rings (SSSR count). The molecule has 1 aliphatic rings. The fourth-order valence-corrected chi connectivity index (χ4v) is 3.28. The zero-order chi connectivity index (χ0) is 18.9. The van der Waals surface area contributed by atoms with Crippen molar-refractivity contribution in [1.82, 2.24) is 0 Å². The minimum absolute atomic E-state index is 0.0282. The van der Waals surface area contributed by atoms with E-state index in [2.05, 4.69) is 34.5 Å². The molecule has 0 unspecified atom stereocenters. The van der Waals surface area contributed by atoms with Gasteiger partial charge >= 0.3 is 0 Å². The molecule has 1 fully saturated rings. The first-order chi connectivity index (χ1) is 13.3. The molecule has 1 heterocycles. The lowest BCUT2D eigenvalue weighted by Gasteiger charge is -2.29. The van der Waals surface area contributed by atoms with Gasteiger partial charge < -0.3 is 19.7 Å². The van der Waals surface area contributed by atoms with Crippen LogP contribution in [0.25, 0.3) is 0 Å². The van der Waals surface area contributed by atoms with Crippen LogP contribution < -0.4 is 15.0 Å². The highest BCUT2D eigenvalue weighted by Crippen LogP contribution is 2.30. The van der Waals surface area contributed by atoms with Gasteiger partial charge in [0.25, 0.3) is 0 Å². The van der Waals surface area contributed by atoms with E-state index in [9.17, 15) is 4.79 Å². The molecule has 0 aromatic heterocycles. The van der Waals surface area contributed by atoms with Crippen molar-refractivity contribution in [2.45, 2.75) is 25.7 Å². The third kappa shape index (κ3) is 5.73. The van der Waals surface area contributed by atoms with Gasteiger partial charge in [-0.05, 0) is 43.0 Å². The molecule has 2 aromatic carbocycles. The second-order valence-electron chi connectivity index (χ2n) is 6.72. The molecule has 5 nitrogen and oxygen atoms in total. The first-order valence-electron chi connectivity index (χ1n) is 9.61. The molecule has 0 radical (unpaired) electrons. The minimum atomic E-state index is 0.0282. The molecule has 5 heteroatoms. The molecular weight excluding hydrogens is 340 g/mol. The van der Waals surface area contributed by atoms with Crippen LogP contribution >= 0.6 is 0 Å². The van der Waals surface area contributed by atoms with Crippen molar-refractivity contribution in [1.29, 1.82) is 0 Å². The van der Waals surface area contributed by atoms with Gasteiger partial charge in [0, 0.05) is 25.2 Å². The number of carbonyl (C=O) groups is 1. The van der Waals surface area contributed by atoms with Crippen LogP contribution in [-0.2, 0) is 16.0 Å². The molecule has 2 aromatic rings. The number of benzene rings is 2. The summed E-state index contributed by atoms with van der Waals surface area (Å²) in [5.41, 5.74) is 3.13. The number of hydrogen-bond acceptors (Lipinski definition) is 4. The molecule has 1 aliphatic heterocycles. The summed E-state index contributed by atoms with van der Waals surface area (Å²) in [5.74, 6) is 0.713. The Kier molecular flexibility index (Phi) is 7.11. The van der Waals surface area contributed by atoms with Gasteiger partial charge in [0.15, 0.2) is 0 Å². The summed E-state index contributed by atoms with van der Waals surface area (Å²) in [6.45, 7) is 3.18. The zero-order valence-corrected chi connectivity index (χ0v) is 15.9. The number of unbranched alkanes of at least 4 members (excludes halogenated alkanes) is 1. The Morgan fingerprint density at radius 3 is 2.63 bits per heavy atom. The summed E-state index contributed by atoms with van der Waals surface area (Å²) < 4.78 is 10.8. The lowest BCUT2D eigenvalue weighted by atomic mass is 10.1. The Morgan fingerprint density at radius 1 is 1.11 bits per heavy atom. The molecule has 0 spiro atoms. The molecule has 27 heavy (non-hydrogen) atoms. The van der Waals surface area contributed by atoms with E-state index in [4.69, 9.17) is 9.47 Å². The van der Waals surface area contributed by atoms with Crippen LogP contribution in [0.1, 0.15) is 24.8 Å². The van der Waals surface area contributed by atoms with Gasteiger partial charge in [-0.3, -0.25) is 4.79 Å². The molecule has 0 aliphatic carbocycles. The van der Waals surface area contributed by atoms with Crippen LogP contribution in [0, 0.1) is 0 Å². The third-order valence-electron chi connectivity index (χ3n) is 4.80. The van der Waals surface area contributed by atoms with Crippen molar-refractivity contribution >= 4 is 17.3 Å². The summed E-state index contributed by atoms with van der Waals surface area (Å²) in [5, 5.41) is 3.02. The van der Waals surface area contributed by atoms with Crippen LogP contribution in [0.3, 0.4) is 0 Å². The highest BCUT2D eigenvalue weighted by atomic mass is 16.5. The fourth-order valence-electron chi connectivity index (χ4n) is 3.28. The number of nitrogens with one attached hydrogen (secondary N) is 1. The average molecular weight is 368 g/mol. The average Bonchev–Trinajstić information content (AvgIpc) is 2.72. The number of methoxy groups -OCH3 is 1. The number of hydrogen-bond donors (Lipinski definition) is 1. The van der Waals surface area contributed by atoms with Gasteiger partial charge in [0.2, 0.25) is 5.91 Å². The quantitative estimate of drug-likeness (QED) is 0.719. The number of anilines is 2. The number of aryl methyl sites for hydroxylation is 1. The van der Waals surface area contributed by atoms with Crippen molar-refractivity contribution in [3.05, 3.63) is 54.1 Å². The fraction of sp³-hybridized carbons (Fsp3) is 0.409. The number of morpholine rings is 1. The standard InChI is InChI=1S/C22H28N2O3/c1-26-21-12-11-19(24-13-15-27-16-14-24)17-20(21)23-22(25)10-6-5-9-18-7-3-2-4-8-18/h2-4,7-8,11-12,17H,5-6,9-10,13-16H2,1H3,(H,23,25). The maximum Gasteiger partial charge on any atom is 0.224 e. The van der Waals surface area contributed by atoms with Crippen LogP contribution in [-0.4, -0.2) is 39.3 Å². The SMILES string of the molecule is COc1ccc(N2CCOCC2)cc1NC(=O)CCCCc1ccccc1. The highest BCUT2D eigenvalue weighted by molar-refractivity contribution is 5.93. The molecule has 144 valence electrons. The Labute approximate surface area is 161 Å². The Balaban J connectivity index is 1.52. The van der Waals surface area contributed by atoms with Crippen molar-refractivity contribution < 1.29 is 14.3 Å². The summed E-state index contributed by atoms with van der Waals surface area (Å²) in [7, 11) is 1.62. The number of amides is 1. The first-order valence-corrected chi connectivity index (χ1v) is 9.61. The van der Waals surface area contributed by atoms with Crippen LogP contribution in [0.2, 0.25) is 0 Å². The van der Waals surface area contributed by atoms with Gasteiger partial charge in [-0.2, -0.15) is 0 Å². The van der Waals surface area contributed by atoms with Gasteiger partial charge in [0.1, 0.15) is 5.75 Å². The molecule has 1 saturated heterocycles. The molecule has 0 bridgehead atoms. The van der Waals surface area contributed by atoms with E-state index in [0.29, 0.717) is 12.2 Å². The summed E-state index contributed by atoms with van der Waals surface area (Å²) in [6, 6.07) is 16.3. The largest absolute Gasteiger partial charge is 0.495 e. The van der Waals surface area contributed by atoms with Gasteiger partial charge in [0.05, 0.1) is 26.0 Å². The monoisotopic (exact) mass is 368 g/mol. The summed E-state index contributed by atoms with van der Waals surface area (Å²) in [6.07, 6.45) is 3.39. The van der Waals surface area contributed by atoms with Gasteiger partial charge in [-0.1, -0.05) is 30.3 Å². The number of carbonyl (C=O) groups excluding carboxylic acids is 1. The lowest BCUT2D eigenvalue weighted by Crippen LogP contribution is -2.36. The Bertz CT molecular complexity index is 728. The highest BCUT2D eigenvalue weighted by Gasteiger charge is 2.14. The number of ether oxygens (including phenoxy) is 2. The molecule has 1 amide bonds. The van der Waals surface area contributed by atoms with Crippen LogP contribution in [0.5, 0.6) is 5.75 Å². The van der Waals surface area contributed by atoms with Crippen LogP contribution in [0.4, 0.5) is 11.4 Å². The van der Waals surface area contributed by atoms with E-state index in [1.165, 1.54) is 5.56 Å². The van der Waals surface area contributed by atoms with Crippen molar-refractivity contribution in [2.75, 3.05) is 43.6 Å². The van der Waals surface area contributed by atoms with Crippen molar-refractivity contribution in [3.63, 3.8) is 0 Å². The second kappa shape index (κ2) is 9.97. The topological polar surface area (TPSA) is 50.8 Å². The zero-order valence-electron chi connectivity index (χ0n) is 15.9. The maximum atomic E-state index is 12.4. The maximum absolute atomic E-state index is 12.4. The van der Waals surface area contributed by atoms with Crippen molar-refractivity contribution in [3.8, 4) is 5.75 Å². The van der Waals surface area contributed by atoms with E-state index in [1.807, 2.05) is 24.3 Å². The molecule has 0 saturated carbocycles. The first kappa shape index (κ1) is 19.2. The Morgan fingerprint density at radius 2 is 1.89 bits per heavy atom. The molecule has 1 N–H and O–H groups in total. The van der Waals surface area contributed by atoms with E-state index in [-0.39, 0.29) is 5.91 Å². The lowest BCUT2D eigenvalue weighted by molar-refractivity contribution is -0.116. The Hall–Kier alpha value is -2.53. The summed E-state index contributed by atoms with van der Waals surface area (Å²) >= 11 is 0. The number of rotatable bonds is 8. The predicted molar refractivity (Wildman–Crippen MR) is 109 cm³/mol. The molecule has 0 atom stereocenters. The molecular formula is C22H28N2O3. The second-order valence-corrected chi connectivity index (χ2v) is 6.72. The van der Waals surface area contributed by atoms with Crippen LogP contribution in [0.15, 0.2) is 48.5 Å². The van der Waals surface area contributed by atoms with E-state index >= 15 is 0 Å². The third-order valence-corrected chi connectivity index (χ3v) is 4.80. The number of nitrogens with zero attached hydrogens (tertiary/aromatic N) is 1. The van der Waals surface area contributed by atoms with Crippen molar-refractivity contribution in [2.24, 2.45) is 0 Å².